The van der Waals surface area contributed by atoms with E-state index in [0.717, 1.165) is 0 Å². The molecule has 19 heavy (non-hydrogen) atoms. The number of benzene rings is 1. The Morgan fingerprint density at radius 2 is 2.05 bits per heavy atom. The van der Waals surface area contributed by atoms with Crippen LogP contribution in [0.25, 0.3) is 10.8 Å². The molecule has 3 heteroatoms. The molecule has 2 heterocycles. The monoisotopic (exact) mass is 268 g/mol. The van der Waals surface area contributed by atoms with Gasteiger partial charge >= 0.3 is 0 Å². The zero-order valence-electron chi connectivity index (χ0n) is 11.1. The topological polar surface area (TPSA) is 24.9 Å². The number of pyridine rings is 1. The van der Waals surface area contributed by atoms with Crippen LogP contribution in [0, 0.1) is 6.92 Å². The molecule has 0 saturated heterocycles. The second kappa shape index (κ2) is 5.11. The average molecular weight is 268 g/mol. The standard InChI is InChI=1S/C16H16N2S/c1-11-9-19-10-15(11)16(17-2)14-5-3-4-12-8-18-7-6-13(12)14/h3-10,16-17H,1-2H3. The summed E-state index contributed by atoms with van der Waals surface area (Å²) in [5, 5.41) is 10.3. The second-order valence-electron chi connectivity index (χ2n) is 4.68. The van der Waals surface area contributed by atoms with Crippen molar-refractivity contribution >= 4 is 22.1 Å². The van der Waals surface area contributed by atoms with Gasteiger partial charge in [0.05, 0.1) is 6.04 Å². The summed E-state index contributed by atoms with van der Waals surface area (Å²) in [6.07, 6.45) is 3.78. The lowest BCUT2D eigenvalue weighted by molar-refractivity contribution is 0.695. The Balaban J connectivity index is 2.20. The molecule has 0 aliphatic carbocycles. The molecule has 1 aromatic carbocycles. The lowest BCUT2D eigenvalue weighted by atomic mass is 9.94. The molecule has 0 radical (unpaired) electrons. The number of aryl methyl sites for hydroxylation is 1. The van der Waals surface area contributed by atoms with Crippen molar-refractivity contribution in [2.24, 2.45) is 0 Å². The molecule has 2 aromatic heterocycles. The molecule has 0 bridgehead atoms. The van der Waals surface area contributed by atoms with Crippen LogP contribution < -0.4 is 5.32 Å². The average Bonchev–Trinajstić information content (AvgIpc) is 2.86. The van der Waals surface area contributed by atoms with Gasteiger partial charge in [-0.25, -0.2) is 0 Å². The van der Waals surface area contributed by atoms with Crippen LogP contribution >= 0.6 is 11.3 Å². The predicted octanol–water partition coefficient (Wildman–Crippen LogP) is 3.91. The van der Waals surface area contributed by atoms with Crippen LogP contribution in [0.5, 0.6) is 0 Å². The third kappa shape index (κ3) is 2.15. The molecule has 3 rings (SSSR count). The number of nitrogens with one attached hydrogen (secondary N) is 1. The van der Waals surface area contributed by atoms with E-state index in [2.05, 4.69) is 52.3 Å². The van der Waals surface area contributed by atoms with Crippen LogP contribution in [0.1, 0.15) is 22.7 Å². The minimum absolute atomic E-state index is 0.234. The lowest BCUT2D eigenvalue weighted by Crippen LogP contribution is -2.18. The Morgan fingerprint density at radius 3 is 2.79 bits per heavy atom. The zero-order chi connectivity index (χ0) is 13.2. The first-order chi connectivity index (χ1) is 9.31. The van der Waals surface area contributed by atoms with E-state index in [4.69, 9.17) is 0 Å². The van der Waals surface area contributed by atoms with Gasteiger partial charge in [0, 0.05) is 17.8 Å². The van der Waals surface area contributed by atoms with Crippen LogP contribution in [0.3, 0.4) is 0 Å². The summed E-state index contributed by atoms with van der Waals surface area (Å²) in [5.41, 5.74) is 4.01. The van der Waals surface area contributed by atoms with Crippen molar-refractivity contribution in [3.63, 3.8) is 0 Å². The van der Waals surface area contributed by atoms with Gasteiger partial charge < -0.3 is 5.32 Å². The molecule has 0 amide bonds. The van der Waals surface area contributed by atoms with Crippen LogP contribution in [0.15, 0.2) is 47.4 Å². The van der Waals surface area contributed by atoms with E-state index >= 15 is 0 Å². The maximum Gasteiger partial charge on any atom is 0.0591 e. The molecule has 0 saturated carbocycles. The number of fused-ring (bicyclic) bond motifs is 1. The van der Waals surface area contributed by atoms with E-state index in [1.54, 1.807) is 11.3 Å². The van der Waals surface area contributed by atoms with Crippen LogP contribution in [-0.2, 0) is 0 Å². The maximum absolute atomic E-state index is 4.20. The summed E-state index contributed by atoms with van der Waals surface area (Å²) in [7, 11) is 2.02. The van der Waals surface area contributed by atoms with Crippen molar-refractivity contribution in [2.75, 3.05) is 7.05 Å². The first-order valence-corrected chi connectivity index (χ1v) is 7.28. The first-order valence-electron chi connectivity index (χ1n) is 6.34. The van der Waals surface area contributed by atoms with Gasteiger partial charge in [-0.2, -0.15) is 11.3 Å². The molecule has 96 valence electrons. The van der Waals surface area contributed by atoms with E-state index in [-0.39, 0.29) is 6.04 Å². The number of aromatic nitrogens is 1. The molecule has 1 N–H and O–H groups in total. The number of rotatable bonds is 3. The first kappa shape index (κ1) is 12.3. The Kier molecular flexibility index (Phi) is 3.32. The highest BCUT2D eigenvalue weighted by Gasteiger charge is 2.17. The molecule has 1 atom stereocenters. The molecule has 1 unspecified atom stereocenters. The summed E-state index contributed by atoms with van der Waals surface area (Å²) in [5.74, 6) is 0. The fraction of sp³-hybridized carbons (Fsp3) is 0.188. The molecule has 0 spiro atoms. The fourth-order valence-electron chi connectivity index (χ4n) is 2.54. The molecule has 0 fully saturated rings. The van der Waals surface area contributed by atoms with Crippen LogP contribution in [0.4, 0.5) is 0 Å². The minimum Gasteiger partial charge on any atom is -0.309 e. The summed E-state index contributed by atoms with van der Waals surface area (Å²) >= 11 is 1.76. The lowest BCUT2D eigenvalue weighted by Gasteiger charge is -2.19. The van der Waals surface area contributed by atoms with E-state index in [1.165, 1.54) is 27.5 Å². The molecule has 2 nitrogen and oxygen atoms in total. The van der Waals surface area contributed by atoms with Crippen LogP contribution in [0.2, 0.25) is 0 Å². The van der Waals surface area contributed by atoms with Crippen molar-refractivity contribution in [1.82, 2.24) is 10.3 Å². The third-order valence-electron chi connectivity index (χ3n) is 3.52. The molecular formula is C16H16N2S. The van der Waals surface area contributed by atoms with E-state index in [1.807, 2.05) is 19.4 Å². The second-order valence-corrected chi connectivity index (χ2v) is 5.42. The Bertz CT molecular complexity index is 697. The highest BCUT2D eigenvalue weighted by Crippen LogP contribution is 2.31. The number of thiophene rings is 1. The van der Waals surface area contributed by atoms with Crippen molar-refractivity contribution in [3.05, 3.63) is 64.1 Å². The number of nitrogens with zero attached hydrogens (tertiary/aromatic N) is 1. The summed E-state index contributed by atoms with van der Waals surface area (Å²) in [4.78, 5) is 4.20. The largest absolute Gasteiger partial charge is 0.309 e. The third-order valence-corrected chi connectivity index (χ3v) is 4.40. The van der Waals surface area contributed by atoms with Gasteiger partial charge in [0.2, 0.25) is 0 Å². The summed E-state index contributed by atoms with van der Waals surface area (Å²) < 4.78 is 0. The van der Waals surface area contributed by atoms with Crippen LogP contribution in [-0.4, -0.2) is 12.0 Å². The summed E-state index contributed by atoms with van der Waals surface area (Å²) in [6.45, 7) is 2.17. The smallest absolute Gasteiger partial charge is 0.0591 e. The van der Waals surface area contributed by atoms with Gasteiger partial charge in [0.25, 0.3) is 0 Å². The van der Waals surface area contributed by atoms with E-state index in [9.17, 15) is 0 Å². The number of hydrogen-bond donors (Lipinski definition) is 1. The molecule has 3 aromatic rings. The highest BCUT2D eigenvalue weighted by atomic mass is 32.1. The van der Waals surface area contributed by atoms with Gasteiger partial charge in [-0.1, -0.05) is 18.2 Å². The predicted molar refractivity (Wildman–Crippen MR) is 81.7 cm³/mol. The van der Waals surface area contributed by atoms with Crippen molar-refractivity contribution in [3.8, 4) is 0 Å². The van der Waals surface area contributed by atoms with Gasteiger partial charge in [-0.15, -0.1) is 0 Å². The van der Waals surface area contributed by atoms with Crippen molar-refractivity contribution < 1.29 is 0 Å². The molecular weight excluding hydrogens is 252 g/mol. The Labute approximate surface area is 117 Å². The van der Waals surface area contributed by atoms with Gasteiger partial charge in [-0.05, 0) is 52.9 Å². The highest BCUT2D eigenvalue weighted by molar-refractivity contribution is 7.08. The van der Waals surface area contributed by atoms with Crippen molar-refractivity contribution in [2.45, 2.75) is 13.0 Å². The quantitative estimate of drug-likeness (QED) is 0.779. The van der Waals surface area contributed by atoms with E-state index < -0.39 is 0 Å². The van der Waals surface area contributed by atoms with E-state index in [0.29, 0.717) is 0 Å². The fourth-order valence-corrected chi connectivity index (χ4v) is 3.42. The molecule has 0 aliphatic rings. The number of hydrogen-bond acceptors (Lipinski definition) is 3. The Hall–Kier alpha value is -1.71. The normalized spacial score (nSPS) is 12.7. The van der Waals surface area contributed by atoms with Gasteiger partial charge in [0.15, 0.2) is 0 Å². The Morgan fingerprint density at radius 1 is 1.16 bits per heavy atom. The minimum atomic E-state index is 0.234. The SMILES string of the molecule is CNC(c1cscc1C)c1cccc2cnccc12. The zero-order valence-corrected chi connectivity index (χ0v) is 11.9. The van der Waals surface area contributed by atoms with Gasteiger partial charge in [0.1, 0.15) is 0 Å². The maximum atomic E-state index is 4.20. The molecule has 0 aliphatic heterocycles. The summed E-state index contributed by atoms with van der Waals surface area (Å²) in [6, 6.07) is 8.74. The van der Waals surface area contributed by atoms with Crippen molar-refractivity contribution in [1.29, 1.82) is 0 Å². The van der Waals surface area contributed by atoms with Gasteiger partial charge in [-0.3, -0.25) is 4.98 Å².